The molecule has 1 N–H and O–H groups in total. The Labute approximate surface area is 124 Å². The highest BCUT2D eigenvalue weighted by Crippen LogP contribution is 2.25. The number of hydrogen-bond donors (Lipinski definition) is 1. The molecule has 0 bridgehead atoms. The Morgan fingerprint density at radius 3 is 2.75 bits per heavy atom. The fraction of sp³-hybridized carbons (Fsp3) is 0. The van der Waals surface area contributed by atoms with Gasteiger partial charge in [0, 0.05) is 18.0 Å². The van der Waals surface area contributed by atoms with Crippen LogP contribution < -0.4 is 5.32 Å². The molecule has 5 nitrogen and oxygen atoms in total. The standard InChI is InChI=1S/C13H8Cl2N4O/c14-9-2-1-8(7-10(9)15)18-13(20)11-3-5-16-12-4-6-17-19(11)12/h1-7H,(H,18,20). The summed E-state index contributed by atoms with van der Waals surface area (Å²) in [7, 11) is 0. The van der Waals surface area contributed by atoms with Crippen molar-refractivity contribution in [3.8, 4) is 0 Å². The summed E-state index contributed by atoms with van der Waals surface area (Å²) < 4.78 is 1.47. The zero-order valence-electron chi connectivity index (χ0n) is 10.0. The van der Waals surface area contributed by atoms with Crippen LogP contribution in [0.15, 0.2) is 42.7 Å². The highest BCUT2D eigenvalue weighted by molar-refractivity contribution is 6.42. The van der Waals surface area contributed by atoms with E-state index in [-0.39, 0.29) is 5.91 Å². The summed E-state index contributed by atoms with van der Waals surface area (Å²) in [6.07, 6.45) is 3.14. The van der Waals surface area contributed by atoms with Crippen LogP contribution in [0, 0.1) is 0 Å². The van der Waals surface area contributed by atoms with E-state index in [1.54, 1.807) is 42.7 Å². The first-order valence-electron chi connectivity index (χ1n) is 5.70. The Morgan fingerprint density at radius 1 is 1.10 bits per heavy atom. The zero-order chi connectivity index (χ0) is 14.1. The predicted octanol–water partition coefficient (Wildman–Crippen LogP) is 3.29. The number of hydrogen-bond acceptors (Lipinski definition) is 3. The van der Waals surface area contributed by atoms with Crippen LogP contribution in [-0.2, 0) is 0 Å². The van der Waals surface area contributed by atoms with Gasteiger partial charge in [-0.1, -0.05) is 23.2 Å². The largest absolute Gasteiger partial charge is 0.321 e. The summed E-state index contributed by atoms with van der Waals surface area (Å²) in [6.45, 7) is 0. The van der Waals surface area contributed by atoms with E-state index in [4.69, 9.17) is 23.2 Å². The van der Waals surface area contributed by atoms with Crippen LogP contribution in [0.1, 0.15) is 10.5 Å². The van der Waals surface area contributed by atoms with Gasteiger partial charge in [-0.25, -0.2) is 9.50 Å². The summed E-state index contributed by atoms with van der Waals surface area (Å²) in [5, 5.41) is 7.61. The lowest BCUT2D eigenvalue weighted by atomic mass is 10.3. The molecule has 100 valence electrons. The number of anilines is 1. The molecular weight excluding hydrogens is 299 g/mol. The quantitative estimate of drug-likeness (QED) is 0.790. The van der Waals surface area contributed by atoms with E-state index in [2.05, 4.69) is 15.4 Å². The Hall–Kier alpha value is -2.11. The van der Waals surface area contributed by atoms with Crippen LogP contribution in [0.2, 0.25) is 10.0 Å². The second kappa shape index (κ2) is 5.11. The minimum absolute atomic E-state index is 0.306. The number of nitrogens with one attached hydrogen (secondary N) is 1. The molecule has 20 heavy (non-hydrogen) atoms. The molecule has 0 saturated carbocycles. The maximum Gasteiger partial charge on any atom is 0.274 e. The zero-order valence-corrected chi connectivity index (χ0v) is 11.6. The van der Waals surface area contributed by atoms with E-state index in [0.717, 1.165) is 0 Å². The number of rotatable bonds is 2. The number of nitrogens with zero attached hydrogens (tertiary/aromatic N) is 3. The molecule has 0 unspecified atom stereocenters. The summed E-state index contributed by atoms with van der Waals surface area (Å²) in [6, 6.07) is 8.19. The van der Waals surface area contributed by atoms with Crippen molar-refractivity contribution in [2.45, 2.75) is 0 Å². The van der Waals surface area contributed by atoms with Gasteiger partial charge < -0.3 is 5.32 Å². The number of amides is 1. The van der Waals surface area contributed by atoms with E-state index in [9.17, 15) is 4.79 Å². The van der Waals surface area contributed by atoms with Gasteiger partial charge in [-0.3, -0.25) is 4.79 Å². The Bertz CT molecular complexity index is 800. The van der Waals surface area contributed by atoms with Crippen molar-refractivity contribution in [1.29, 1.82) is 0 Å². The molecule has 0 atom stereocenters. The molecule has 1 aromatic carbocycles. The van der Waals surface area contributed by atoms with Crippen molar-refractivity contribution in [3.63, 3.8) is 0 Å². The second-order valence-corrected chi connectivity index (χ2v) is 4.83. The molecule has 3 rings (SSSR count). The summed E-state index contributed by atoms with van der Waals surface area (Å²) >= 11 is 11.7. The number of benzene rings is 1. The van der Waals surface area contributed by atoms with Gasteiger partial charge in [-0.05, 0) is 24.3 Å². The van der Waals surface area contributed by atoms with Crippen LogP contribution in [0.3, 0.4) is 0 Å². The first-order valence-corrected chi connectivity index (χ1v) is 6.46. The van der Waals surface area contributed by atoms with Crippen molar-refractivity contribution in [2.75, 3.05) is 5.32 Å². The third-order valence-electron chi connectivity index (χ3n) is 2.70. The molecule has 0 fully saturated rings. The molecule has 0 aliphatic carbocycles. The lowest BCUT2D eigenvalue weighted by Crippen LogP contribution is -2.16. The van der Waals surface area contributed by atoms with Gasteiger partial charge in [0.15, 0.2) is 5.65 Å². The Morgan fingerprint density at radius 2 is 1.95 bits per heavy atom. The van der Waals surface area contributed by atoms with Crippen molar-refractivity contribution >= 4 is 40.4 Å². The molecule has 0 saturated heterocycles. The molecule has 2 heterocycles. The summed E-state index contributed by atoms with van der Waals surface area (Å²) in [5.74, 6) is -0.306. The highest BCUT2D eigenvalue weighted by Gasteiger charge is 2.12. The Balaban J connectivity index is 1.93. The number of halogens is 2. The smallest absolute Gasteiger partial charge is 0.274 e. The van der Waals surface area contributed by atoms with Crippen molar-refractivity contribution < 1.29 is 4.79 Å². The van der Waals surface area contributed by atoms with Gasteiger partial charge in [0.05, 0.1) is 16.2 Å². The van der Waals surface area contributed by atoms with E-state index in [0.29, 0.717) is 27.1 Å². The average Bonchev–Trinajstić information content (AvgIpc) is 2.91. The molecule has 7 heteroatoms. The summed E-state index contributed by atoms with van der Waals surface area (Å²) in [5.41, 5.74) is 1.54. The maximum absolute atomic E-state index is 12.2. The lowest BCUT2D eigenvalue weighted by Gasteiger charge is -2.07. The fourth-order valence-electron chi connectivity index (χ4n) is 1.78. The number of carbonyl (C=O) groups excluding carboxylic acids is 1. The van der Waals surface area contributed by atoms with Crippen LogP contribution in [0.4, 0.5) is 5.69 Å². The second-order valence-electron chi connectivity index (χ2n) is 4.01. The van der Waals surface area contributed by atoms with E-state index in [1.165, 1.54) is 4.52 Å². The van der Waals surface area contributed by atoms with E-state index in [1.807, 2.05) is 0 Å². The molecule has 0 spiro atoms. The molecule has 0 aliphatic heterocycles. The van der Waals surface area contributed by atoms with Gasteiger partial charge >= 0.3 is 0 Å². The van der Waals surface area contributed by atoms with Gasteiger partial charge in [0.25, 0.3) is 5.91 Å². The van der Waals surface area contributed by atoms with Crippen LogP contribution in [0.25, 0.3) is 5.65 Å². The average molecular weight is 307 g/mol. The molecule has 3 aromatic rings. The number of fused-ring (bicyclic) bond motifs is 1. The van der Waals surface area contributed by atoms with Gasteiger partial charge in [-0.15, -0.1) is 0 Å². The SMILES string of the molecule is O=C(Nc1ccc(Cl)c(Cl)c1)c1ccnc2ccnn12. The normalized spacial score (nSPS) is 10.7. The molecule has 0 aliphatic rings. The number of carbonyl (C=O) groups is 1. The minimum atomic E-state index is -0.306. The molecule has 1 amide bonds. The first-order chi connectivity index (χ1) is 9.65. The van der Waals surface area contributed by atoms with Crippen LogP contribution in [0.5, 0.6) is 0 Å². The van der Waals surface area contributed by atoms with Gasteiger partial charge in [-0.2, -0.15) is 5.10 Å². The van der Waals surface area contributed by atoms with Crippen LogP contribution >= 0.6 is 23.2 Å². The fourth-order valence-corrected chi connectivity index (χ4v) is 2.07. The van der Waals surface area contributed by atoms with Crippen molar-refractivity contribution in [1.82, 2.24) is 14.6 Å². The van der Waals surface area contributed by atoms with Gasteiger partial charge in [0.1, 0.15) is 5.69 Å². The van der Waals surface area contributed by atoms with Gasteiger partial charge in [0.2, 0.25) is 0 Å². The topological polar surface area (TPSA) is 59.3 Å². The van der Waals surface area contributed by atoms with E-state index >= 15 is 0 Å². The third-order valence-corrected chi connectivity index (χ3v) is 3.44. The minimum Gasteiger partial charge on any atom is -0.321 e. The molecule has 0 radical (unpaired) electrons. The lowest BCUT2D eigenvalue weighted by molar-refractivity contribution is 0.102. The number of aromatic nitrogens is 3. The predicted molar refractivity (Wildman–Crippen MR) is 77.4 cm³/mol. The first kappa shape index (κ1) is 12.9. The summed E-state index contributed by atoms with van der Waals surface area (Å²) in [4.78, 5) is 16.3. The molecule has 2 aromatic heterocycles. The van der Waals surface area contributed by atoms with Crippen molar-refractivity contribution in [2.24, 2.45) is 0 Å². The van der Waals surface area contributed by atoms with Crippen molar-refractivity contribution in [3.05, 3.63) is 58.5 Å². The third kappa shape index (κ3) is 2.33. The Kier molecular flexibility index (Phi) is 3.30. The van der Waals surface area contributed by atoms with Crippen LogP contribution in [-0.4, -0.2) is 20.5 Å². The highest BCUT2D eigenvalue weighted by atomic mass is 35.5. The maximum atomic E-state index is 12.2. The van der Waals surface area contributed by atoms with E-state index < -0.39 is 0 Å². The molecular formula is C13H8Cl2N4O. The monoisotopic (exact) mass is 306 g/mol.